The second kappa shape index (κ2) is 7.36. The Kier molecular flexibility index (Phi) is 4.13. The van der Waals surface area contributed by atoms with Crippen molar-refractivity contribution in [3.63, 3.8) is 0 Å². The summed E-state index contributed by atoms with van der Waals surface area (Å²) < 4.78 is 29.1. The molecule has 6 aromatic rings. The fraction of sp³-hybridized carbons (Fsp3) is 0.0769. The van der Waals surface area contributed by atoms with E-state index in [4.69, 9.17) is 19.2 Å². The van der Waals surface area contributed by atoms with Crippen LogP contribution in [0, 0.1) is 12.7 Å². The van der Waals surface area contributed by atoms with Crippen molar-refractivity contribution in [2.45, 2.75) is 12.8 Å². The van der Waals surface area contributed by atoms with Crippen molar-refractivity contribution in [3.05, 3.63) is 108 Å². The number of aromatic nitrogens is 6. The molecule has 8 nitrogen and oxygen atoms in total. The van der Waals surface area contributed by atoms with Gasteiger partial charge in [-0.25, -0.2) is 23.6 Å². The topological polar surface area (TPSA) is 83.3 Å². The number of halogens is 1. The third-order valence-electron chi connectivity index (χ3n) is 6.15. The molecule has 1 aliphatic rings. The normalized spacial score (nSPS) is 14.5. The number of benzene rings is 2. The van der Waals surface area contributed by atoms with Gasteiger partial charge in [0.25, 0.3) is 0 Å². The molecule has 0 aliphatic carbocycles. The number of fused-ring (bicyclic) bond motifs is 4. The molecule has 4 aromatic heterocycles. The minimum Gasteiger partial charge on any atom is -0.468 e. The molecule has 170 valence electrons. The summed E-state index contributed by atoms with van der Waals surface area (Å²) in [5.74, 6) is 1.48. The van der Waals surface area contributed by atoms with Gasteiger partial charge in [0, 0.05) is 5.56 Å². The van der Waals surface area contributed by atoms with E-state index in [0.717, 1.165) is 22.5 Å². The molecule has 35 heavy (non-hydrogen) atoms. The van der Waals surface area contributed by atoms with Gasteiger partial charge >= 0.3 is 0 Å². The Hall–Kier alpha value is -4.79. The quantitative estimate of drug-likeness (QED) is 0.353. The van der Waals surface area contributed by atoms with Crippen LogP contribution >= 0.6 is 0 Å². The van der Waals surface area contributed by atoms with Gasteiger partial charge < -0.3 is 9.15 Å². The average Bonchev–Trinajstić information content (AvgIpc) is 3.63. The molecular weight excluding hydrogens is 447 g/mol. The highest BCUT2D eigenvalue weighted by Crippen LogP contribution is 2.49. The van der Waals surface area contributed by atoms with Crippen molar-refractivity contribution in [2.75, 3.05) is 0 Å². The third kappa shape index (κ3) is 2.98. The Labute approximate surface area is 198 Å². The summed E-state index contributed by atoms with van der Waals surface area (Å²) in [7, 11) is 0. The van der Waals surface area contributed by atoms with Gasteiger partial charge in [-0.15, -0.1) is 5.10 Å². The van der Waals surface area contributed by atoms with Gasteiger partial charge in [-0.3, -0.25) is 0 Å². The van der Waals surface area contributed by atoms with E-state index in [-0.39, 0.29) is 11.7 Å². The minimum atomic E-state index is -0.359. The molecule has 1 unspecified atom stereocenters. The van der Waals surface area contributed by atoms with Gasteiger partial charge in [0.1, 0.15) is 17.9 Å². The minimum absolute atomic E-state index is 0.318. The van der Waals surface area contributed by atoms with Gasteiger partial charge in [-0.05, 0) is 55.5 Å². The van der Waals surface area contributed by atoms with Crippen LogP contribution in [0.1, 0.15) is 28.5 Å². The van der Waals surface area contributed by atoms with Gasteiger partial charge in [-0.1, -0.05) is 18.2 Å². The average molecular weight is 464 g/mol. The zero-order chi connectivity index (χ0) is 23.5. The van der Waals surface area contributed by atoms with Crippen LogP contribution in [0.25, 0.3) is 22.7 Å². The number of aryl methyl sites for hydroxylation is 1. The first-order valence-electron chi connectivity index (χ1n) is 11.0. The molecule has 0 saturated heterocycles. The summed E-state index contributed by atoms with van der Waals surface area (Å²) in [5.41, 5.74) is 4.55. The zero-order valence-electron chi connectivity index (χ0n) is 18.5. The molecule has 9 heteroatoms. The van der Waals surface area contributed by atoms with Crippen LogP contribution < -0.4 is 4.74 Å². The van der Waals surface area contributed by atoms with Crippen molar-refractivity contribution >= 4 is 5.65 Å². The Morgan fingerprint density at radius 3 is 2.51 bits per heavy atom. The lowest BCUT2D eigenvalue weighted by molar-refractivity contribution is 0.392. The molecule has 0 spiro atoms. The molecule has 0 amide bonds. The number of hydrogen-bond acceptors (Lipinski definition) is 6. The Morgan fingerprint density at radius 2 is 1.74 bits per heavy atom. The van der Waals surface area contributed by atoms with Crippen LogP contribution in [-0.2, 0) is 0 Å². The molecular formula is C26H17FN6O2. The second-order valence-electron chi connectivity index (χ2n) is 8.28. The van der Waals surface area contributed by atoms with Crippen LogP contribution in [0.4, 0.5) is 4.39 Å². The number of furan rings is 1. The second-order valence-corrected chi connectivity index (χ2v) is 8.28. The smallest absolute Gasteiger partial charge is 0.230 e. The van der Waals surface area contributed by atoms with Crippen molar-refractivity contribution in [1.82, 2.24) is 29.4 Å². The highest BCUT2D eigenvalue weighted by Gasteiger charge is 2.39. The monoisotopic (exact) mass is 464 g/mol. The Morgan fingerprint density at radius 1 is 0.914 bits per heavy atom. The van der Waals surface area contributed by atoms with E-state index in [1.54, 1.807) is 33.9 Å². The molecule has 0 N–H and O–H groups in total. The van der Waals surface area contributed by atoms with Gasteiger partial charge in [0.2, 0.25) is 11.8 Å². The fourth-order valence-corrected chi connectivity index (χ4v) is 4.58. The maximum Gasteiger partial charge on any atom is 0.230 e. The largest absolute Gasteiger partial charge is 0.468 e. The highest BCUT2D eigenvalue weighted by molar-refractivity contribution is 5.68. The summed E-state index contributed by atoms with van der Waals surface area (Å²) in [4.78, 5) is 9.36. The summed E-state index contributed by atoms with van der Waals surface area (Å²) in [5, 5.41) is 9.37. The van der Waals surface area contributed by atoms with Crippen LogP contribution in [0.2, 0.25) is 0 Å². The first-order valence-corrected chi connectivity index (χ1v) is 11.0. The van der Waals surface area contributed by atoms with E-state index in [1.165, 1.54) is 12.1 Å². The predicted molar refractivity (Wildman–Crippen MR) is 124 cm³/mol. The highest BCUT2D eigenvalue weighted by atomic mass is 19.1. The molecule has 1 atom stereocenters. The van der Waals surface area contributed by atoms with E-state index >= 15 is 0 Å². The predicted octanol–water partition coefficient (Wildman–Crippen LogP) is 5.30. The van der Waals surface area contributed by atoms with E-state index in [2.05, 4.69) is 10.1 Å². The van der Waals surface area contributed by atoms with E-state index in [9.17, 15) is 4.39 Å². The third-order valence-corrected chi connectivity index (χ3v) is 6.15. The number of para-hydroxylation sites is 1. The molecule has 0 saturated carbocycles. The lowest BCUT2D eigenvalue weighted by atomic mass is 9.88. The lowest BCUT2D eigenvalue weighted by Crippen LogP contribution is -2.15. The molecule has 0 fully saturated rings. The molecule has 5 heterocycles. The summed E-state index contributed by atoms with van der Waals surface area (Å²) >= 11 is 0. The first-order chi connectivity index (χ1) is 17.2. The number of ether oxygens (including phenoxy) is 1. The van der Waals surface area contributed by atoms with Gasteiger partial charge in [0.15, 0.2) is 11.5 Å². The summed E-state index contributed by atoms with van der Waals surface area (Å²) in [6.45, 7) is 1.95. The van der Waals surface area contributed by atoms with Gasteiger partial charge in [0.05, 0.1) is 34.7 Å². The van der Waals surface area contributed by atoms with Crippen molar-refractivity contribution in [3.8, 4) is 28.8 Å². The van der Waals surface area contributed by atoms with Crippen molar-refractivity contribution in [1.29, 1.82) is 0 Å². The Bertz CT molecular complexity index is 1690. The fourth-order valence-electron chi connectivity index (χ4n) is 4.58. The first kappa shape index (κ1) is 19.7. The molecule has 7 rings (SSSR count). The van der Waals surface area contributed by atoms with Crippen LogP contribution in [0.15, 0.2) is 83.7 Å². The zero-order valence-corrected chi connectivity index (χ0v) is 18.5. The van der Waals surface area contributed by atoms with E-state index < -0.39 is 0 Å². The Balaban J connectivity index is 1.47. The van der Waals surface area contributed by atoms with Crippen molar-refractivity contribution < 1.29 is 13.5 Å². The maximum absolute atomic E-state index is 13.5. The van der Waals surface area contributed by atoms with Crippen molar-refractivity contribution in [2.24, 2.45) is 0 Å². The van der Waals surface area contributed by atoms with E-state index in [1.807, 2.05) is 49.4 Å². The van der Waals surface area contributed by atoms with Crippen LogP contribution in [0.5, 0.6) is 11.8 Å². The number of nitrogens with zero attached hydrogens (tertiary/aromatic N) is 6. The molecule has 1 aliphatic heterocycles. The number of rotatable bonds is 3. The van der Waals surface area contributed by atoms with Gasteiger partial charge in [-0.2, -0.15) is 5.10 Å². The van der Waals surface area contributed by atoms with Crippen LogP contribution in [-0.4, -0.2) is 29.4 Å². The lowest BCUT2D eigenvalue weighted by Gasteiger charge is -2.24. The number of hydrogen-bond donors (Lipinski definition) is 0. The standard InChI is InChI=1S/C26H17FN6O2/c1-15-20-21(19-8-5-13-34-19)22-24-29-23(16-9-11-17(27)12-10-16)31-32(24)14-28-25(22)35-26(20)33(30-15)18-6-3-2-4-7-18/h2-14,21H,1H3. The molecule has 0 radical (unpaired) electrons. The van der Waals surface area contributed by atoms with E-state index in [0.29, 0.717) is 34.6 Å². The summed E-state index contributed by atoms with van der Waals surface area (Å²) in [6, 6.07) is 19.6. The molecule has 2 aromatic carbocycles. The maximum atomic E-state index is 13.5. The molecule has 0 bridgehead atoms. The summed E-state index contributed by atoms with van der Waals surface area (Å²) in [6.07, 6.45) is 3.21. The SMILES string of the molecule is Cc1nn(-c2ccccc2)c2c1C(c1ccco1)c1c(ncn3nc(-c4ccc(F)cc4)nc13)O2. The van der Waals surface area contributed by atoms with Crippen LogP contribution in [0.3, 0.4) is 0 Å².